The molecule has 2 heterocycles. The van der Waals surface area contributed by atoms with Gasteiger partial charge in [-0.3, -0.25) is 0 Å². The molecule has 6 heteroatoms. The van der Waals surface area contributed by atoms with E-state index in [1.807, 2.05) is 24.8 Å². The molecule has 22 heavy (non-hydrogen) atoms. The zero-order chi connectivity index (χ0) is 15.7. The minimum Gasteiger partial charge on any atom is -0.492 e. The van der Waals surface area contributed by atoms with Crippen molar-refractivity contribution in [3.05, 3.63) is 24.3 Å². The Morgan fingerprint density at radius 3 is 2.45 bits per heavy atom. The van der Waals surface area contributed by atoms with Gasteiger partial charge >= 0.3 is 0 Å². The van der Waals surface area contributed by atoms with E-state index in [2.05, 4.69) is 6.26 Å². The van der Waals surface area contributed by atoms with Crippen LogP contribution in [0.5, 0.6) is 5.75 Å². The Labute approximate surface area is 137 Å². The standard InChI is InChI=1S/C16H23NO3S2/c1-3-20-15-6-4-5-7-16(15)22(18,19)17-12-8-9-13(17)11-14(10-12)21-2/h4-7,12-14H,3,8-11H2,1-2H3. The van der Waals surface area contributed by atoms with Crippen molar-refractivity contribution < 1.29 is 13.2 Å². The van der Waals surface area contributed by atoms with Gasteiger partial charge in [-0.15, -0.1) is 0 Å². The van der Waals surface area contributed by atoms with E-state index in [0.29, 0.717) is 22.5 Å². The number of hydrogen-bond acceptors (Lipinski definition) is 4. The van der Waals surface area contributed by atoms with Crippen LogP contribution in [0.15, 0.2) is 29.2 Å². The fourth-order valence-corrected chi connectivity index (χ4v) is 6.58. The van der Waals surface area contributed by atoms with Gasteiger partial charge in [0, 0.05) is 17.3 Å². The Morgan fingerprint density at radius 1 is 1.23 bits per heavy atom. The zero-order valence-corrected chi connectivity index (χ0v) is 14.7. The Kier molecular flexibility index (Phi) is 4.71. The maximum absolute atomic E-state index is 13.2. The van der Waals surface area contributed by atoms with E-state index in [1.54, 1.807) is 22.5 Å². The summed E-state index contributed by atoms with van der Waals surface area (Å²) >= 11 is 1.87. The molecule has 0 radical (unpaired) electrons. The predicted octanol–water partition coefficient (Wildman–Crippen LogP) is 3.13. The molecule has 2 aliphatic heterocycles. The molecule has 4 nitrogen and oxygen atoms in total. The van der Waals surface area contributed by atoms with Gasteiger partial charge in [-0.2, -0.15) is 16.1 Å². The Hall–Kier alpha value is -0.720. The summed E-state index contributed by atoms with van der Waals surface area (Å²) < 4.78 is 33.7. The molecule has 0 aromatic heterocycles. The molecule has 2 aliphatic rings. The van der Waals surface area contributed by atoms with E-state index in [0.717, 1.165) is 25.7 Å². The second-order valence-corrected chi connectivity index (χ2v) is 8.88. The number of rotatable bonds is 5. The molecule has 0 saturated carbocycles. The highest BCUT2D eigenvalue weighted by Crippen LogP contribution is 2.43. The molecule has 122 valence electrons. The molecule has 2 atom stereocenters. The largest absolute Gasteiger partial charge is 0.492 e. The lowest BCUT2D eigenvalue weighted by Gasteiger charge is -2.37. The predicted molar refractivity (Wildman–Crippen MR) is 90.0 cm³/mol. The third-order valence-corrected chi connectivity index (χ3v) is 7.76. The molecule has 3 rings (SSSR count). The summed E-state index contributed by atoms with van der Waals surface area (Å²) in [6.07, 6.45) is 6.02. The van der Waals surface area contributed by atoms with Gasteiger partial charge in [0.2, 0.25) is 10.0 Å². The van der Waals surface area contributed by atoms with Gasteiger partial charge in [-0.1, -0.05) is 12.1 Å². The Bertz CT molecular complexity index is 618. The third-order valence-electron chi connectivity index (χ3n) is 4.66. The molecule has 0 amide bonds. The van der Waals surface area contributed by atoms with E-state index >= 15 is 0 Å². The lowest BCUT2D eigenvalue weighted by atomic mass is 10.1. The summed E-state index contributed by atoms with van der Waals surface area (Å²) in [4.78, 5) is 0.316. The number of thioether (sulfide) groups is 1. The molecule has 2 unspecified atom stereocenters. The van der Waals surface area contributed by atoms with Crippen LogP contribution in [-0.4, -0.2) is 42.9 Å². The smallest absolute Gasteiger partial charge is 0.247 e. The maximum atomic E-state index is 13.2. The van der Waals surface area contributed by atoms with Crippen LogP contribution in [-0.2, 0) is 10.0 Å². The van der Waals surface area contributed by atoms with Gasteiger partial charge in [-0.05, 0) is 51.0 Å². The van der Waals surface area contributed by atoms with Crippen molar-refractivity contribution in [2.24, 2.45) is 0 Å². The van der Waals surface area contributed by atoms with Gasteiger partial charge < -0.3 is 4.74 Å². The molecule has 0 spiro atoms. The first-order valence-corrected chi connectivity index (χ1v) is 10.6. The van der Waals surface area contributed by atoms with Crippen molar-refractivity contribution in [3.8, 4) is 5.75 Å². The maximum Gasteiger partial charge on any atom is 0.247 e. The molecule has 2 fully saturated rings. The molecule has 2 saturated heterocycles. The van der Waals surface area contributed by atoms with Gasteiger partial charge in [0.15, 0.2) is 0 Å². The van der Waals surface area contributed by atoms with E-state index in [-0.39, 0.29) is 12.1 Å². The van der Waals surface area contributed by atoms with Crippen molar-refractivity contribution in [1.82, 2.24) is 4.31 Å². The number of ether oxygens (including phenoxy) is 1. The van der Waals surface area contributed by atoms with Crippen LogP contribution in [0, 0.1) is 0 Å². The fourth-order valence-electron chi connectivity index (χ4n) is 3.72. The third kappa shape index (κ3) is 2.76. The monoisotopic (exact) mass is 341 g/mol. The summed E-state index contributed by atoms with van der Waals surface area (Å²) in [5, 5.41) is 0.589. The topological polar surface area (TPSA) is 46.6 Å². The number of nitrogens with zero attached hydrogens (tertiary/aromatic N) is 1. The lowest BCUT2D eigenvalue weighted by Crippen LogP contribution is -2.47. The van der Waals surface area contributed by atoms with Gasteiger partial charge in [0.25, 0.3) is 0 Å². The van der Waals surface area contributed by atoms with Crippen molar-refractivity contribution in [2.45, 2.75) is 54.8 Å². The number of piperidine rings is 1. The van der Waals surface area contributed by atoms with Gasteiger partial charge in [0.1, 0.15) is 10.6 Å². The molecular formula is C16H23NO3S2. The number of fused-ring (bicyclic) bond motifs is 2. The van der Waals surface area contributed by atoms with E-state index in [4.69, 9.17) is 4.74 Å². The first-order valence-electron chi connectivity index (χ1n) is 7.86. The molecule has 1 aromatic rings. The molecule has 0 aliphatic carbocycles. The van der Waals surface area contributed by atoms with Gasteiger partial charge in [0.05, 0.1) is 6.61 Å². The minimum atomic E-state index is -3.48. The van der Waals surface area contributed by atoms with Crippen LogP contribution < -0.4 is 4.74 Å². The summed E-state index contributed by atoms with van der Waals surface area (Å²) in [5.41, 5.74) is 0. The minimum absolute atomic E-state index is 0.149. The SMILES string of the molecule is CCOc1ccccc1S(=O)(=O)N1C2CCC1CC(SC)C2. The number of benzene rings is 1. The molecule has 0 N–H and O–H groups in total. The van der Waals surface area contributed by atoms with Gasteiger partial charge in [-0.25, -0.2) is 8.42 Å². The second-order valence-electron chi connectivity index (χ2n) is 5.93. The van der Waals surface area contributed by atoms with Crippen molar-refractivity contribution in [3.63, 3.8) is 0 Å². The van der Waals surface area contributed by atoms with Crippen molar-refractivity contribution >= 4 is 21.8 Å². The van der Waals surface area contributed by atoms with Crippen LogP contribution >= 0.6 is 11.8 Å². The van der Waals surface area contributed by atoms with Crippen LogP contribution in [0.25, 0.3) is 0 Å². The molecule has 1 aromatic carbocycles. The molecule has 2 bridgehead atoms. The number of para-hydroxylation sites is 1. The number of hydrogen-bond donors (Lipinski definition) is 0. The molecular weight excluding hydrogens is 318 g/mol. The fraction of sp³-hybridized carbons (Fsp3) is 0.625. The summed E-state index contributed by atoms with van der Waals surface area (Å²) in [6, 6.07) is 7.30. The quantitative estimate of drug-likeness (QED) is 0.825. The number of sulfonamides is 1. The van der Waals surface area contributed by atoms with Crippen LogP contribution in [0.4, 0.5) is 0 Å². The summed E-state index contributed by atoms with van der Waals surface area (Å²) in [6.45, 7) is 2.34. The lowest BCUT2D eigenvalue weighted by molar-refractivity contribution is 0.251. The average molecular weight is 341 g/mol. The first-order chi connectivity index (χ1) is 10.6. The van der Waals surface area contributed by atoms with E-state index < -0.39 is 10.0 Å². The van der Waals surface area contributed by atoms with E-state index in [9.17, 15) is 8.42 Å². The Balaban J connectivity index is 1.95. The highest BCUT2D eigenvalue weighted by Gasteiger charge is 2.47. The van der Waals surface area contributed by atoms with Crippen LogP contribution in [0.1, 0.15) is 32.6 Å². The van der Waals surface area contributed by atoms with Crippen LogP contribution in [0.3, 0.4) is 0 Å². The summed E-state index contributed by atoms with van der Waals surface area (Å²) in [5.74, 6) is 0.469. The zero-order valence-electron chi connectivity index (χ0n) is 13.1. The average Bonchev–Trinajstić information content (AvgIpc) is 2.80. The Morgan fingerprint density at radius 2 is 1.86 bits per heavy atom. The highest BCUT2D eigenvalue weighted by atomic mass is 32.2. The van der Waals surface area contributed by atoms with Crippen LogP contribution in [0.2, 0.25) is 0 Å². The summed E-state index contributed by atoms with van der Waals surface area (Å²) in [7, 11) is -3.48. The van der Waals surface area contributed by atoms with Crippen molar-refractivity contribution in [1.29, 1.82) is 0 Å². The van der Waals surface area contributed by atoms with Crippen molar-refractivity contribution in [2.75, 3.05) is 12.9 Å². The second kappa shape index (κ2) is 6.42. The first kappa shape index (κ1) is 16.1. The normalized spacial score (nSPS) is 28.7. The highest BCUT2D eigenvalue weighted by molar-refractivity contribution is 7.99. The van der Waals surface area contributed by atoms with E-state index in [1.165, 1.54) is 0 Å².